The van der Waals surface area contributed by atoms with Gasteiger partial charge in [-0.25, -0.2) is 0 Å². The van der Waals surface area contributed by atoms with E-state index in [1.807, 2.05) is 24.3 Å². The molecule has 0 aliphatic heterocycles. The molecule has 1 N–H and O–H groups in total. The second-order valence-electron chi connectivity index (χ2n) is 5.78. The third-order valence-electron chi connectivity index (χ3n) is 4.14. The van der Waals surface area contributed by atoms with E-state index in [1.54, 1.807) is 0 Å². The number of fused-ring (bicyclic) bond motifs is 1. The molecule has 2 aromatic heterocycles. The van der Waals surface area contributed by atoms with Crippen molar-refractivity contribution in [2.24, 2.45) is 5.92 Å². The first-order valence-corrected chi connectivity index (χ1v) is 7.75. The molecule has 22 heavy (non-hydrogen) atoms. The van der Waals surface area contributed by atoms with E-state index in [1.165, 1.54) is 17.7 Å². The van der Waals surface area contributed by atoms with Crippen molar-refractivity contribution in [2.45, 2.75) is 26.2 Å². The molecule has 1 unspecified atom stereocenters. The van der Waals surface area contributed by atoms with Crippen LogP contribution in [0.25, 0.3) is 23.0 Å². The fourth-order valence-corrected chi connectivity index (χ4v) is 3.14. The molecule has 3 aromatic rings. The minimum absolute atomic E-state index is 0.446. The second kappa shape index (κ2) is 5.25. The Labute approximate surface area is 132 Å². The summed E-state index contributed by atoms with van der Waals surface area (Å²) in [7, 11) is 0. The third kappa shape index (κ3) is 2.22. The van der Waals surface area contributed by atoms with E-state index in [-0.39, 0.29) is 0 Å². The largest absolute Gasteiger partial charge is 0.332 e. The van der Waals surface area contributed by atoms with Crippen LogP contribution in [-0.4, -0.2) is 20.3 Å². The molecule has 0 fully saturated rings. The van der Waals surface area contributed by atoms with Crippen molar-refractivity contribution in [1.29, 1.82) is 0 Å². The van der Waals surface area contributed by atoms with Gasteiger partial charge in [-0.2, -0.15) is 10.1 Å². The van der Waals surface area contributed by atoms with Crippen LogP contribution in [0.1, 0.15) is 24.6 Å². The van der Waals surface area contributed by atoms with Gasteiger partial charge in [0.15, 0.2) is 5.69 Å². The van der Waals surface area contributed by atoms with Gasteiger partial charge in [0.1, 0.15) is 0 Å². The molecule has 4 rings (SSSR count). The highest BCUT2D eigenvalue weighted by molar-refractivity contribution is 6.33. The first-order valence-electron chi connectivity index (χ1n) is 7.37. The van der Waals surface area contributed by atoms with Crippen molar-refractivity contribution in [2.75, 3.05) is 0 Å². The van der Waals surface area contributed by atoms with E-state index < -0.39 is 0 Å². The van der Waals surface area contributed by atoms with Gasteiger partial charge in [0.25, 0.3) is 5.89 Å². The minimum Gasteiger partial charge on any atom is -0.332 e. The summed E-state index contributed by atoms with van der Waals surface area (Å²) in [4.78, 5) is 4.47. The third-order valence-corrected chi connectivity index (χ3v) is 4.47. The fourth-order valence-electron chi connectivity index (χ4n) is 2.92. The van der Waals surface area contributed by atoms with Crippen molar-refractivity contribution >= 4 is 11.6 Å². The number of hydrogen-bond donors (Lipinski definition) is 1. The van der Waals surface area contributed by atoms with Gasteiger partial charge >= 0.3 is 0 Å². The SMILES string of the molecule is CC1CCc2[nH]nc(-c3nc(-c4ccccc4Cl)no3)c2C1. The Kier molecular flexibility index (Phi) is 3.22. The monoisotopic (exact) mass is 314 g/mol. The van der Waals surface area contributed by atoms with Crippen LogP contribution in [0.4, 0.5) is 0 Å². The first kappa shape index (κ1) is 13.5. The maximum atomic E-state index is 6.18. The van der Waals surface area contributed by atoms with Gasteiger partial charge in [-0.15, -0.1) is 0 Å². The van der Waals surface area contributed by atoms with Gasteiger partial charge in [-0.05, 0) is 37.3 Å². The van der Waals surface area contributed by atoms with E-state index in [0.29, 0.717) is 22.7 Å². The summed E-state index contributed by atoms with van der Waals surface area (Å²) < 4.78 is 5.42. The highest BCUT2D eigenvalue weighted by atomic mass is 35.5. The maximum Gasteiger partial charge on any atom is 0.279 e. The number of aryl methyl sites for hydroxylation is 1. The maximum absolute atomic E-state index is 6.18. The number of rotatable bonds is 2. The van der Waals surface area contributed by atoms with Crippen molar-refractivity contribution < 1.29 is 4.52 Å². The van der Waals surface area contributed by atoms with Gasteiger partial charge in [0.2, 0.25) is 5.82 Å². The zero-order chi connectivity index (χ0) is 15.1. The van der Waals surface area contributed by atoms with Crippen LogP contribution in [0, 0.1) is 5.92 Å². The van der Waals surface area contributed by atoms with Crippen LogP contribution in [0.2, 0.25) is 5.02 Å². The number of nitrogens with zero attached hydrogens (tertiary/aromatic N) is 3. The number of nitrogens with one attached hydrogen (secondary N) is 1. The highest BCUT2D eigenvalue weighted by Crippen LogP contribution is 2.32. The molecule has 1 aromatic carbocycles. The summed E-state index contributed by atoms with van der Waals surface area (Å²) in [6.07, 6.45) is 3.20. The summed E-state index contributed by atoms with van der Waals surface area (Å²) >= 11 is 6.18. The van der Waals surface area contributed by atoms with Crippen LogP contribution >= 0.6 is 11.6 Å². The van der Waals surface area contributed by atoms with Crippen LogP contribution in [0.3, 0.4) is 0 Å². The fraction of sp³-hybridized carbons (Fsp3) is 0.312. The molecule has 1 atom stereocenters. The topological polar surface area (TPSA) is 67.6 Å². The smallest absolute Gasteiger partial charge is 0.279 e. The average molecular weight is 315 g/mol. The van der Waals surface area contributed by atoms with Crippen molar-refractivity contribution in [3.8, 4) is 23.0 Å². The van der Waals surface area contributed by atoms with Gasteiger partial charge in [-0.3, -0.25) is 5.10 Å². The molecule has 112 valence electrons. The predicted octanol–water partition coefficient (Wildman–Crippen LogP) is 3.90. The lowest BCUT2D eigenvalue weighted by Crippen LogP contribution is -2.10. The molecule has 0 radical (unpaired) electrons. The number of aromatic amines is 1. The molecule has 0 spiro atoms. The molecule has 1 aliphatic rings. The Morgan fingerprint density at radius 2 is 2.18 bits per heavy atom. The lowest BCUT2D eigenvalue weighted by Gasteiger charge is -2.17. The quantitative estimate of drug-likeness (QED) is 0.779. The number of aromatic nitrogens is 4. The molecule has 1 aliphatic carbocycles. The number of halogens is 1. The zero-order valence-corrected chi connectivity index (χ0v) is 12.9. The van der Waals surface area contributed by atoms with Crippen molar-refractivity contribution in [3.05, 3.63) is 40.5 Å². The Hall–Kier alpha value is -2.14. The number of hydrogen-bond acceptors (Lipinski definition) is 4. The highest BCUT2D eigenvalue weighted by Gasteiger charge is 2.25. The summed E-state index contributed by atoms with van der Waals surface area (Å²) in [6, 6.07) is 7.46. The molecule has 5 nitrogen and oxygen atoms in total. The van der Waals surface area contributed by atoms with Crippen molar-refractivity contribution in [3.63, 3.8) is 0 Å². The zero-order valence-electron chi connectivity index (χ0n) is 12.1. The minimum atomic E-state index is 0.446. The van der Waals surface area contributed by atoms with Crippen molar-refractivity contribution in [1.82, 2.24) is 20.3 Å². The lowest BCUT2D eigenvalue weighted by molar-refractivity contribution is 0.429. The molecule has 0 saturated carbocycles. The standard InChI is InChI=1S/C16H15ClN4O/c1-9-6-7-13-11(8-9)14(20-19-13)16-18-15(21-22-16)10-4-2-3-5-12(10)17/h2-5,9H,6-8H2,1H3,(H,19,20). The van der Waals surface area contributed by atoms with Crippen LogP contribution in [0.15, 0.2) is 28.8 Å². The summed E-state index contributed by atoms with van der Waals surface area (Å²) in [5.74, 6) is 1.58. The molecular weight excluding hydrogens is 300 g/mol. The Morgan fingerprint density at radius 1 is 1.32 bits per heavy atom. The molecule has 0 bridgehead atoms. The van der Waals surface area contributed by atoms with Crippen LogP contribution < -0.4 is 0 Å². The number of benzene rings is 1. The molecule has 6 heteroatoms. The summed E-state index contributed by atoms with van der Waals surface area (Å²) in [5.41, 5.74) is 3.92. The van der Waals surface area contributed by atoms with E-state index in [9.17, 15) is 0 Å². The molecular formula is C16H15ClN4O. The van der Waals surface area contributed by atoms with E-state index in [0.717, 1.165) is 24.1 Å². The molecule has 2 heterocycles. The van der Waals surface area contributed by atoms with Gasteiger partial charge in [-0.1, -0.05) is 35.8 Å². The van der Waals surface area contributed by atoms with Gasteiger partial charge < -0.3 is 4.52 Å². The Bertz CT molecular complexity index is 823. The Morgan fingerprint density at radius 3 is 3.05 bits per heavy atom. The van der Waals surface area contributed by atoms with E-state index in [4.69, 9.17) is 16.1 Å². The van der Waals surface area contributed by atoms with Gasteiger partial charge in [0.05, 0.1) is 5.02 Å². The summed E-state index contributed by atoms with van der Waals surface area (Å²) in [5, 5.41) is 12.1. The van der Waals surface area contributed by atoms with E-state index in [2.05, 4.69) is 27.3 Å². The average Bonchev–Trinajstić information content (AvgIpc) is 3.13. The lowest BCUT2D eigenvalue weighted by atomic mass is 9.88. The normalized spacial score (nSPS) is 17.5. The van der Waals surface area contributed by atoms with E-state index >= 15 is 0 Å². The molecule has 0 amide bonds. The second-order valence-corrected chi connectivity index (χ2v) is 6.19. The Balaban J connectivity index is 1.74. The van der Waals surface area contributed by atoms with Crippen LogP contribution in [-0.2, 0) is 12.8 Å². The molecule has 0 saturated heterocycles. The predicted molar refractivity (Wildman–Crippen MR) is 83.5 cm³/mol. The first-order chi connectivity index (χ1) is 10.7. The van der Waals surface area contributed by atoms with Gasteiger partial charge in [0, 0.05) is 16.8 Å². The summed E-state index contributed by atoms with van der Waals surface area (Å²) in [6.45, 7) is 2.25. The van der Waals surface area contributed by atoms with Crippen LogP contribution in [0.5, 0.6) is 0 Å². The number of H-pyrrole nitrogens is 1.